The zero-order valence-corrected chi connectivity index (χ0v) is 16.8. The normalized spacial score (nSPS) is 20.5. The van der Waals surface area contributed by atoms with Crippen molar-refractivity contribution in [3.63, 3.8) is 0 Å². The molecule has 1 aliphatic rings. The van der Waals surface area contributed by atoms with Crippen LogP contribution in [0.5, 0.6) is 0 Å². The van der Waals surface area contributed by atoms with E-state index in [9.17, 15) is 9.59 Å². The average molecular weight is 357 g/mol. The Hall–Kier alpha value is -1.34. The lowest BCUT2D eigenvalue weighted by Gasteiger charge is -2.34. The number of hydrogen-bond acceptors (Lipinski definition) is 5. The summed E-state index contributed by atoms with van der Waals surface area (Å²) in [5.74, 6) is -0.398. The molecule has 25 heavy (non-hydrogen) atoms. The zero-order chi connectivity index (χ0) is 19.2. The molecule has 1 saturated heterocycles. The van der Waals surface area contributed by atoms with Crippen molar-refractivity contribution in [2.75, 3.05) is 40.8 Å². The molecular formula is C18H35N3O4. The van der Waals surface area contributed by atoms with E-state index in [1.54, 1.807) is 12.0 Å². The van der Waals surface area contributed by atoms with Crippen molar-refractivity contribution >= 4 is 12.0 Å². The Morgan fingerprint density at radius 3 is 2.48 bits per heavy atom. The summed E-state index contributed by atoms with van der Waals surface area (Å²) in [5, 5.41) is 2.94. The van der Waals surface area contributed by atoms with Gasteiger partial charge in [-0.1, -0.05) is 6.92 Å². The first-order valence-electron chi connectivity index (χ1n) is 9.01. The van der Waals surface area contributed by atoms with Gasteiger partial charge in [0.25, 0.3) is 0 Å². The molecule has 0 spiro atoms. The van der Waals surface area contributed by atoms with Crippen LogP contribution in [0.1, 0.15) is 40.5 Å². The topological polar surface area (TPSA) is 71.1 Å². The minimum atomic E-state index is -0.540. The molecule has 146 valence electrons. The van der Waals surface area contributed by atoms with Crippen molar-refractivity contribution in [3.05, 3.63) is 0 Å². The molecule has 1 unspecified atom stereocenters. The van der Waals surface area contributed by atoms with Crippen LogP contribution in [0.25, 0.3) is 0 Å². The third-order valence-electron chi connectivity index (χ3n) is 4.34. The highest BCUT2D eigenvalue weighted by atomic mass is 16.6. The van der Waals surface area contributed by atoms with Crippen LogP contribution in [0.3, 0.4) is 0 Å². The molecular weight excluding hydrogens is 322 g/mol. The van der Waals surface area contributed by atoms with Crippen LogP contribution in [0.15, 0.2) is 0 Å². The number of methoxy groups -OCH3 is 1. The maximum Gasteiger partial charge on any atom is 0.410 e. The molecule has 3 atom stereocenters. The van der Waals surface area contributed by atoms with Gasteiger partial charge in [0.1, 0.15) is 5.60 Å². The van der Waals surface area contributed by atoms with E-state index < -0.39 is 5.60 Å². The van der Waals surface area contributed by atoms with E-state index in [1.165, 1.54) is 0 Å². The summed E-state index contributed by atoms with van der Waals surface area (Å²) in [6.45, 7) is 9.41. The lowest BCUT2D eigenvalue weighted by molar-refractivity contribution is -0.130. The van der Waals surface area contributed by atoms with Gasteiger partial charge in [0.05, 0.1) is 18.1 Å². The lowest BCUT2D eigenvalue weighted by Crippen LogP contribution is -2.51. The van der Waals surface area contributed by atoms with E-state index in [2.05, 4.69) is 5.32 Å². The number of carbonyl (C=O) groups excluding carboxylic acids is 2. The second-order valence-electron chi connectivity index (χ2n) is 7.97. The number of hydrogen-bond donors (Lipinski definition) is 1. The van der Waals surface area contributed by atoms with Crippen LogP contribution in [-0.4, -0.2) is 80.4 Å². The number of nitrogens with zero attached hydrogens (tertiary/aromatic N) is 2. The monoisotopic (exact) mass is 357 g/mol. The SMILES string of the molecule is CO[C@@H](C(C)C(=O)NCCN(C)C)[C@@H]1CCCN1C(=O)OC(C)(C)C. The van der Waals surface area contributed by atoms with Gasteiger partial charge < -0.3 is 24.6 Å². The summed E-state index contributed by atoms with van der Waals surface area (Å²) in [6, 6.07) is -0.144. The van der Waals surface area contributed by atoms with Crippen molar-refractivity contribution in [3.8, 4) is 0 Å². The number of ether oxygens (including phenoxy) is 2. The van der Waals surface area contributed by atoms with E-state index >= 15 is 0 Å². The van der Waals surface area contributed by atoms with E-state index in [-0.39, 0.29) is 30.1 Å². The first kappa shape index (κ1) is 21.7. The summed E-state index contributed by atoms with van der Waals surface area (Å²) < 4.78 is 11.1. The highest BCUT2D eigenvalue weighted by Gasteiger charge is 2.41. The molecule has 1 fully saturated rings. The predicted octanol–water partition coefficient (Wildman–Crippen LogP) is 1.71. The summed E-state index contributed by atoms with van der Waals surface area (Å²) >= 11 is 0. The van der Waals surface area contributed by atoms with Gasteiger partial charge in [0.15, 0.2) is 0 Å². The van der Waals surface area contributed by atoms with Crippen LogP contribution >= 0.6 is 0 Å². The summed E-state index contributed by atoms with van der Waals surface area (Å²) in [4.78, 5) is 28.6. The number of amides is 2. The first-order chi connectivity index (χ1) is 11.6. The quantitative estimate of drug-likeness (QED) is 0.751. The zero-order valence-electron chi connectivity index (χ0n) is 16.8. The molecule has 0 saturated carbocycles. The van der Waals surface area contributed by atoms with Crippen molar-refractivity contribution in [1.82, 2.24) is 15.1 Å². The second kappa shape index (κ2) is 9.38. The van der Waals surface area contributed by atoms with Crippen molar-refractivity contribution in [2.24, 2.45) is 5.92 Å². The molecule has 7 nitrogen and oxygen atoms in total. The van der Waals surface area contributed by atoms with E-state index in [4.69, 9.17) is 9.47 Å². The largest absolute Gasteiger partial charge is 0.444 e. The van der Waals surface area contributed by atoms with Gasteiger partial charge in [0.2, 0.25) is 5.91 Å². The molecule has 1 N–H and O–H groups in total. The predicted molar refractivity (Wildman–Crippen MR) is 97.5 cm³/mol. The van der Waals surface area contributed by atoms with Gasteiger partial charge in [0, 0.05) is 26.7 Å². The Bertz CT molecular complexity index is 448. The van der Waals surface area contributed by atoms with Crippen molar-refractivity contribution in [2.45, 2.75) is 58.3 Å². The molecule has 7 heteroatoms. The Balaban J connectivity index is 2.72. The second-order valence-corrected chi connectivity index (χ2v) is 7.97. The molecule has 0 aliphatic carbocycles. The number of rotatable bonds is 7. The molecule has 1 aliphatic heterocycles. The Morgan fingerprint density at radius 1 is 1.32 bits per heavy atom. The molecule has 0 aromatic heterocycles. The third-order valence-corrected chi connectivity index (χ3v) is 4.34. The van der Waals surface area contributed by atoms with Crippen LogP contribution in [0.2, 0.25) is 0 Å². The number of nitrogens with one attached hydrogen (secondary N) is 1. The summed E-state index contributed by atoms with van der Waals surface area (Å²) in [6.07, 6.45) is 1.01. The smallest absolute Gasteiger partial charge is 0.410 e. The van der Waals surface area contributed by atoms with Crippen LogP contribution < -0.4 is 5.32 Å². The molecule has 0 aromatic rings. The fourth-order valence-corrected chi connectivity index (χ4v) is 3.09. The maximum absolute atomic E-state index is 12.5. The molecule has 0 bridgehead atoms. The molecule has 0 aromatic carbocycles. The molecule has 0 radical (unpaired) electrons. The summed E-state index contributed by atoms with van der Waals surface area (Å²) in [5.41, 5.74) is -0.540. The maximum atomic E-state index is 12.5. The van der Waals surface area contributed by atoms with Gasteiger partial charge >= 0.3 is 6.09 Å². The van der Waals surface area contributed by atoms with Crippen LogP contribution in [-0.2, 0) is 14.3 Å². The van der Waals surface area contributed by atoms with Gasteiger partial charge in [-0.15, -0.1) is 0 Å². The fourth-order valence-electron chi connectivity index (χ4n) is 3.09. The van der Waals surface area contributed by atoms with E-state index in [0.29, 0.717) is 13.1 Å². The Morgan fingerprint density at radius 2 is 1.96 bits per heavy atom. The Kier molecular flexibility index (Phi) is 8.15. The third kappa shape index (κ3) is 6.82. The van der Waals surface area contributed by atoms with Gasteiger partial charge in [-0.05, 0) is 47.7 Å². The first-order valence-corrected chi connectivity index (χ1v) is 9.01. The average Bonchev–Trinajstić information content (AvgIpc) is 2.95. The summed E-state index contributed by atoms with van der Waals surface area (Å²) in [7, 11) is 5.52. The number of likely N-dealkylation sites (N-methyl/N-ethyl adjacent to an activating group) is 1. The highest BCUT2D eigenvalue weighted by Crippen LogP contribution is 2.27. The standard InChI is InChI=1S/C18H35N3O4/c1-13(16(22)19-10-12-20(5)6)15(24-7)14-9-8-11-21(14)17(23)25-18(2,3)4/h13-15H,8-12H2,1-7H3,(H,19,22)/t13?,14-,15-/m0/s1. The number of carbonyl (C=O) groups is 2. The van der Waals surface area contributed by atoms with Gasteiger partial charge in [-0.25, -0.2) is 4.79 Å². The van der Waals surface area contributed by atoms with Crippen molar-refractivity contribution < 1.29 is 19.1 Å². The molecule has 1 rings (SSSR count). The van der Waals surface area contributed by atoms with E-state index in [0.717, 1.165) is 19.4 Å². The van der Waals surface area contributed by atoms with Crippen molar-refractivity contribution in [1.29, 1.82) is 0 Å². The molecule has 1 heterocycles. The fraction of sp³-hybridized carbons (Fsp3) is 0.889. The minimum Gasteiger partial charge on any atom is -0.444 e. The minimum absolute atomic E-state index is 0.0512. The Labute approximate surface area is 152 Å². The van der Waals surface area contributed by atoms with Gasteiger partial charge in [-0.3, -0.25) is 4.79 Å². The highest BCUT2D eigenvalue weighted by molar-refractivity contribution is 5.79. The van der Waals surface area contributed by atoms with E-state index in [1.807, 2.05) is 46.7 Å². The molecule has 2 amide bonds. The van der Waals surface area contributed by atoms with Gasteiger partial charge in [-0.2, -0.15) is 0 Å². The lowest BCUT2D eigenvalue weighted by atomic mass is 9.95. The number of likely N-dealkylation sites (tertiary alicyclic amines) is 1. The van der Waals surface area contributed by atoms with Crippen LogP contribution in [0, 0.1) is 5.92 Å². The van der Waals surface area contributed by atoms with Crippen LogP contribution in [0.4, 0.5) is 4.79 Å².